The molecule has 3 aromatic rings. The molecule has 8 nitrogen and oxygen atoms in total. The predicted molar refractivity (Wildman–Crippen MR) is 94.5 cm³/mol. The fourth-order valence-electron chi connectivity index (χ4n) is 1.68. The zero-order valence-corrected chi connectivity index (χ0v) is 15.6. The molecule has 0 amide bonds. The van der Waals surface area contributed by atoms with Gasteiger partial charge in [-0.3, -0.25) is 4.68 Å². The third-order valence-electron chi connectivity index (χ3n) is 2.76. The first-order chi connectivity index (χ1) is 11.7. The van der Waals surface area contributed by atoms with Gasteiger partial charge in [-0.25, -0.2) is 4.79 Å². The lowest BCUT2D eigenvalue weighted by molar-refractivity contribution is 0.0593. The molecule has 11 heteroatoms. The molecule has 0 saturated heterocycles. The molecule has 3 aromatic heterocycles. The second-order valence-corrected chi connectivity index (χ2v) is 7.15. The average molecular weight is 427 g/mol. The Hall–Kier alpha value is -1.98. The van der Waals surface area contributed by atoms with Crippen molar-refractivity contribution in [1.82, 2.24) is 24.7 Å². The summed E-state index contributed by atoms with van der Waals surface area (Å²) in [5, 5.41) is 19.0. The largest absolute Gasteiger partial charge is 0.464 e. The molecule has 0 N–H and O–H groups in total. The number of methoxy groups -OCH3 is 1. The highest BCUT2D eigenvalue weighted by atomic mass is 79.9. The first-order valence-electron chi connectivity index (χ1n) is 6.58. The number of halogens is 1. The number of hydrogen-bond acceptors (Lipinski definition) is 8. The summed E-state index contributed by atoms with van der Waals surface area (Å²) in [4.78, 5) is 12.4. The standard InChI is InChI=1S/C13H11BrN6O2S2/c1-22-12(21)11-2-3-19(18-11)8-24-13-17-15-7-20(13)16-5-10-4-9(14)6-23-10/h2-7H,8H2,1H3/b16-5-. The van der Waals surface area contributed by atoms with Gasteiger partial charge in [0.25, 0.3) is 0 Å². The van der Waals surface area contributed by atoms with E-state index in [9.17, 15) is 4.79 Å². The molecular weight excluding hydrogens is 416 g/mol. The van der Waals surface area contributed by atoms with Gasteiger partial charge in [-0.05, 0) is 28.1 Å². The van der Waals surface area contributed by atoms with Gasteiger partial charge in [-0.1, -0.05) is 11.8 Å². The number of hydrogen-bond donors (Lipinski definition) is 0. The Morgan fingerprint density at radius 2 is 2.46 bits per heavy atom. The van der Waals surface area contributed by atoms with Crippen molar-refractivity contribution < 1.29 is 9.53 Å². The molecule has 0 aliphatic carbocycles. The zero-order valence-electron chi connectivity index (χ0n) is 12.4. The lowest BCUT2D eigenvalue weighted by Gasteiger charge is -2.01. The molecule has 0 aliphatic rings. The Kier molecular flexibility index (Phi) is 5.43. The van der Waals surface area contributed by atoms with Crippen molar-refractivity contribution in [3.8, 4) is 0 Å². The Bertz CT molecular complexity index is 871. The van der Waals surface area contributed by atoms with E-state index in [0.29, 0.717) is 11.0 Å². The van der Waals surface area contributed by atoms with E-state index >= 15 is 0 Å². The van der Waals surface area contributed by atoms with Gasteiger partial charge >= 0.3 is 5.97 Å². The number of rotatable bonds is 6. The SMILES string of the molecule is COC(=O)c1ccn(CSc2nncn2/N=C\c2cc(Br)cs2)n1. The van der Waals surface area contributed by atoms with E-state index in [1.54, 1.807) is 39.2 Å². The van der Waals surface area contributed by atoms with E-state index in [-0.39, 0.29) is 5.69 Å². The van der Waals surface area contributed by atoms with Crippen molar-refractivity contribution >= 4 is 51.2 Å². The average Bonchev–Trinajstić information content (AvgIpc) is 3.31. The van der Waals surface area contributed by atoms with Crippen molar-refractivity contribution in [2.24, 2.45) is 5.10 Å². The van der Waals surface area contributed by atoms with E-state index in [0.717, 1.165) is 9.35 Å². The summed E-state index contributed by atoms with van der Waals surface area (Å²) >= 11 is 6.38. The summed E-state index contributed by atoms with van der Waals surface area (Å²) in [6.07, 6.45) is 4.98. The number of thioether (sulfide) groups is 1. The molecule has 0 unspecified atom stereocenters. The minimum atomic E-state index is -0.464. The van der Waals surface area contributed by atoms with Gasteiger partial charge in [0.05, 0.1) is 19.2 Å². The first-order valence-corrected chi connectivity index (χ1v) is 9.24. The van der Waals surface area contributed by atoms with Gasteiger partial charge in [0.15, 0.2) is 5.69 Å². The van der Waals surface area contributed by atoms with Crippen LogP contribution in [-0.2, 0) is 10.6 Å². The van der Waals surface area contributed by atoms with Crippen LogP contribution in [0.1, 0.15) is 15.4 Å². The van der Waals surface area contributed by atoms with Crippen LogP contribution in [0.15, 0.2) is 44.8 Å². The number of carbonyl (C=O) groups is 1. The van der Waals surface area contributed by atoms with Gasteiger partial charge in [0, 0.05) is 20.9 Å². The Morgan fingerprint density at radius 3 is 3.21 bits per heavy atom. The first kappa shape index (κ1) is 16.9. The number of thiophene rings is 1. The normalized spacial score (nSPS) is 11.2. The van der Waals surface area contributed by atoms with Crippen LogP contribution in [0.2, 0.25) is 0 Å². The monoisotopic (exact) mass is 426 g/mol. The zero-order chi connectivity index (χ0) is 16.9. The summed E-state index contributed by atoms with van der Waals surface area (Å²) in [7, 11) is 1.32. The molecule has 0 saturated carbocycles. The van der Waals surface area contributed by atoms with Crippen molar-refractivity contribution in [3.05, 3.63) is 45.1 Å². The fourth-order valence-corrected chi connectivity index (χ4v) is 3.70. The van der Waals surface area contributed by atoms with Crippen molar-refractivity contribution in [2.75, 3.05) is 7.11 Å². The molecule has 0 aliphatic heterocycles. The highest BCUT2D eigenvalue weighted by Crippen LogP contribution is 2.19. The van der Waals surface area contributed by atoms with E-state index in [1.807, 2.05) is 11.4 Å². The summed E-state index contributed by atoms with van der Waals surface area (Å²) in [6.45, 7) is 0. The molecule has 0 spiro atoms. The summed E-state index contributed by atoms with van der Waals surface area (Å²) in [6, 6.07) is 3.58. The van der Waals surface area contributed by atoms with Gasteiger partial charge in [-0.15, -0.1) is 21.5 Å². The number of ether oxygens (including phenoxy) is 1. The topological polar surface area (TPSA) is 87.2 Å². The maximum Gasteiger partial charge on any atom is 0.358 e. The molecule has 124 valence electrons. The Morgan fingerprint density at radius 1 is 1.58 bits per heavy atom. The lowest BCUT2D eigenvalue weighted by Crippen LogP contribution is -2.04. The summed E-state index contributed by atoms with van der Waals surface area (Å²) in [5.74, 6) is 0.00378. The van der Waals surface area contributed by atoms with Gasteiger partial charge in [0.2, 0.25) is 5.16 Å². The third kappa shape index (κ3) is 4.10. The quantitative estimate of drug-likeness (QED) is 0.342. The van der Waals surface area contributed by atoms with Crippen molar-refractivity contribution in [2.45, 2.75) is 11.0 Å². The minimum Gasteiger partial charge on any atom is -0.464 e. The summed E-state index contributed by atoms with van der Waals surface area (Å²) in [5.41, 5.74) is 0.265. The van der Waals surface area contributed by atoms with Gasteiger partial charge in [0.1, 0.15) is 6.33 Å². The smallest absolute Gasteiger partial charge is 0.358 e. The molecule has 0 aromatic carbocycles. The number of esters is 1. The Balaban J connectivity index is 1.64. The van der Waals surface area contributed by atoms with Crippen LogP contribution in [0, 0.1) is 0 Å². The highest BCUT2D eigenvalue weighted by Gasteiger charge is 2.10. The molecule has 0 fully saturated rings. The van der Waals surface area contributed by atoms with Gasteiger partial charge in [-0.2, -0.15) is 14.9 Å². The van der Waals surface area contributed by atoms with Crippen LogP contribution in [0.5, 0.6) is 0 Å². The fraction of sp³-hybridized carbons (Fsp3) is 0.154. The third-order valence-corrected chi connectivity index (χ3v) is 5.31. The van der Waals surface area contributed by atoms with E-state index in [1.165, 1.54) is 25.2 Å². The van der Waals surface area contributed by atoms with Crippen LogP contribution in [0.3, 0.4) is 0 Å². The maximum atomic E-state index is 11.4. The van der Waals surface area contributed by atoms with Crippen LogP contribution >= 0.6 is 39.0 Å². The second kappa shape index (κ2) is 7.73. The molecule has 0 atom stereocenters. The predicted octanol–water partition coefficient (Wildman–Crippen LogP) is 2.72. The van der Waals surface area contributed by atoms with Crippen molar-refractivity contribution in [3.63, 3.8) is 0 Å². The van der Waals surface area contributed by atoms with E-state index in [2.05, 4.69) is 41.1 Å². The molecule has 3 rings (SSSR count). The van der Waals surface area contributed by atoms with Crippen molar-refractivity contribution in [1.29, 1.82) is 0 Å². The number of nitrogens with zero attached hydrogens (tertiary/aromatic N) is 6. The minimum absolute atomic E-state index is 0.265. The molecule has 3 heterocycles. The molecule has 24 heavy (non-hydrogen) atoms. The van der Waals surface area contributed by atoms with E-state index < -0.39 is 5.97 Å². The maximum absolute atomic E-state index is 11.4. The lowest BCUT2D eigenvalue weighted by atomic mass is 10.4. The number of aromatic nitrogens is 5. The highest BCUT2D eigenvalue weighted by molar-refractivity contribution is 9.10. The van der Waals surface area contributed by atoms with Crippen LogP contribution in [0.25, 0.3) is 0 Å². The Labute approximate surface area is 153 Å². The van der Waals surface area contributed by atoms with Crippen LogP contribution < -0.4 is 0 Å². The van der Waals surface area contributed by atoms with Gasteiger partial charge < -0.3 is 4.74 Å². The van der Waals surface area contributed by atoms with E-state index in [4.69, 9.17) is 0 Å². The molecule has 0 bridgehead atoms. The molecule has 0 radical (unpaired) electrons. The van der Waals surface area contributed by atoms with Crippen LogP contribution in [-0.4, -0.2) is 43.9 Å². The second-order valence-electron chi connectivity index (χ2n) is 4.38. The number of carbonyl (C=O) groups excluding carboxylic acids is 1. The van der Waals surface area contributed by atoms with Crippen LogP contribution in [0.4, 0.5) is 0 Å². The summed E-state index contributed by atoms with van der Waals surface area (Å²) < 4.78 is 8.85. The molecular formula is C13H11BrN6O2S2.